The molecule has 4 rings (SSSR count). The molecule has 28 heavy (non-hydrogen) atoms. The van der Waals surface area contributed by atoms with Crippen molar-refractivity contribution in [1.82, 2.24) is 29.8 Å². The molecule has 0 fully saturated rings. The first-order valence-corrected chi connectivity index (χ1v) is 9.16. The van der Waals surface area contributed by atoms with E-state index in [9.17, 15) is 4.79 Å². The van der Waals surface area contributed by atoms with Gasteiger partial charge in [-0.25, -0.2) is 9.97 Å². The molecule has 7 nitrogen and oxygen atoms in total. The summed E-state index contributed by atoms with van der Waals surface area (Å²) in [6.07, 6.45) is 12.2. The second-order valence-corrected chi connectivity index (χ2v) is 6.52. The summed E-state index contributed by atoms with van der Waals surface area (Å²) in [5.41, 5.74) is 4.20. The van der Waals surface area contributed by atoms with Gasteiger partial charge in [0, 0.05) is 37.5 Å². The van der Waals surface area contributed by atoms with Gasteiger partial charge >= 0.3 is 0 Å². The highest BCUT2D eigenvalue weighted by molar-refractivity contribution is 5.96. The SMILES string of the molecule is O=C(NCCCc1cccnc1)c1cnc2c(c1)ncn2Cc1cccnc1. The van der Waals surface area contributed by atoms with Crippen LogP contribution >= 0.6 is 0 Å². The second-order valence-electron chi connectivity index (χ2n) is 6.52. The smallest absolute Gasteiger partial charge is 0.252 e. The van der Waals surface area contributed by atoms with E-state index in [0.29, 0.717) is 24.2 Å². The van der Waals surface area contributed by atoms with E-state index in [-0.39, 0.29) is 5.91 Å². The minimum Gasteiger partial charge on any atom is -0.352 e. The standard InChI is InChI=1S/C21H20N6O/c28-21(24-9-3-5-16-4-1-7-22-11-16)18-10-19-20(25-13-18)27(15-26-19)14-17-6-2-8-23-12-17/h1-2,4,6-8,10-13,15H,3,5,9,14H2,(H,24,28). The average molecular weight is 372 g/mol. The van der Waals surface area contributed by atoms with Gasteiger partial charge in [0.1, 0.15) is 5.52 Å². The average Bonchev–Trinajstić information content (AvgIpc) is 3.14. The predicted molar refractivity (Wildman–Crippen MR) is 106 cm³/mol. The number of pyridine rings is 3. The zero-order valence-electron chi connectivity index (χ0n) is 15.3. The maximum atomic E-state index is 12.4. The van der Waals surface area contributed by atoms with E-state index < -0.39 is 0 Å². The number of carbonyl (C=O) groups excluding carboxylic acids is 1. The third-order valence-corrected chi connectivity index (χ3v) is 4.44. The molecule has 0 atom stereocenters. The summed E-state index contributed by atoms with van der Waals surface area (Å²) >= 11 is 0. The number of rotatable bonds is 7. The molecular weight excluding hydrogens is 352 g/mol. The number of nitrogens with one attached hydrogen (secondary N) is 1. The van der Waals surface area contributed by atoms with E-state index in [4.69, 9.17) is 0 Å². The van der Waals surface area contributed by atoms with Crippen molar-refractivity contribution in [3.05, 3.63) is 84.3 Å². The molecule has 1 amide bonds. The normalized spacial score (nSPS) is 10.9. The number of aromatic nitrogens is 5. The van der Waals surface area contributed by atoms with Gasteiger partial charge in [-0.1, -0.05) is 12.1 Å². The van der Waals surface area contributed by atoms with Crippen molar-refractivity contribution in [3.63, 3.8) is 0 Å². The molecule has 7 heteroatoms. The van der Waals surface area contributed by atoms with Crippen LogP contribution in [0.1, 0.15) is 27.9 Å². The van der Waals surface area contributed by atoms with Crippen molar-refractivity contribution in [2.75, 3.05) is 6.54 Å². The van der Waals surface area contributed by atoms with Crippen LogP contribution < -0.4 is 5.32 Å². The molecule has 0 aliphatic heterocycles. The molecule has 4 heterocycles. The van der Waals surface area contributed by atoms with Crippen LogP contribution in [0.2, 0.25) is 0 Å². The maximum absolute atomic E-state index is 12.4. The van der Waals surface area contributed by atoms with Crippen molar-refractivity contribution >= 4 is 17.1 Å². The number of hydrogen-bond acceptors (Lipinski definition) is 5. The Kier molecular flexibility index (Phi) is 5.33. The Bertz CT molecular complexity index is 1060. The highest BCUT2D eigenvalue weighted by atomic mass is 16.1. The minimum absolute atomic E-state index is 0.137. The fourth-order valence-electron chi connectivity index (χ4n) is 3.02. The van der Waals surface area contributed by atoms with Gasteiger partial charge in [0.25, 0.3) is 5.91 Å². The zero-order valence-corrected chi connectivity index (χ0v) is 15.3. The third-order valence-electron chi connectivity index (χ3n) is 4.44. The van der Waals surface area contributed by atoms with Crippen LogP contribution in [-0.4, -0.2) is 37.0 Å². The van der Waals surface area contributed by atoms with Crippen molar-refractivity contribution in [2.24, 2.45) is 0 Å². The van der Waals surface area contributed by atoms with E-state index in [1.54, 1.807) is 31.0 Å². The minimum atomic E-state index is -0.137. The summed E-state index contributed by atoms with van der Waals surface area (Å²) in [5.74, 6) is -0.137. The molecule has 0 aromatic carbocycles. The third kappa shape index (κ3) is 4.20. The van der Waals surface area contributed by atoms with Crippen LogP contribution in [0.4, 0.5) is 0 Å². The summed E-state index contributed by atoms with van der Waals surface area (Å²) in [7, 11) is 0. The van der Waals surface area contributed by atoms with Crippen LogP contribution in [0, 0.1) is 0 Å². The number of imidazole rings is 1. The Morgan fingerprint density at radius 3 is 2.54 bits per heavy atom. The topological polar surface area (TPSA) is 85.6 Å². The summed E-state index contributed by atoms with van der Waals surface area (Å²) < 4.78 is 1.95. The van der Waals surface area contributed by atoms with Crippen molar-refractivity contribution < 1.29 is 4.79 Å². The highest BCUT2D eigenvalue weighted by Gasteiger charge is 2.10. The molecule has 0 saturated heterocycles. The summed E-state index contributed by atoms with van der Waals surface area (Å²) in [6, 6.07) is 9.64. The van der Waals surface area contributed by atoms with Crippen molar-refractivity contribution in [3.8, 4) is 0 Å². The first kappa shape index (κ1) is 17.8. The van der Waals surface area contributed by atoms with Crippen LogP contribution in [0.25, 0.3) is 11.2 Å². The van der Waals surface area contributed by atoms with Gasteiger partial charge < -0.3 is 9.88 Å². The highest BCUT2D eigenvalue weighted by Crippen LogP contribution is 2.14. The summed E-state index contributed by atoms with van der Waals surface area (Å²) in [5, 5.41) is 2.94. The fraction of sp³-hybridized carbons (Fsp3) is 0.190. The lowest BCUT2D eigenvalue weighted by Gasteiger charge is -2.06. The Balaban J connectivity index is 1.37. The summed E-state index contributed by atoms with van der Waals surface area (Å²) in [4.78, 5) is 29.4. The van der Waals surface area contributed by atoms with Gasteiger partial charge in [0.15, 0.2) is 5.65 Å². The molecule has 140 valence electrons. The number of fused-ring (bicyclic) bond motifs is 1. The van der Waals surface area contributed by atoms with E-state index in [2.05, 4.69) is 25.3 Å². The molecule has 0 aliphatic rings. The molecule has 4 aromatic heterocycles. The van der Waals surface area contributed by atoms with Gasteiger partial charge in [-0.05, 0) is 42.2 Å². The first-order valence-electron chi connectivity index (χ1n) is 9.16. The number of aryl methyl sites for hydroxylation is 1. The van der Waals surface area contributed by atoms with E-state index in [1.165, 1.54) is 5.56 Å². The maximum Gasteiger partial charge on any atom is 0.252 e. The number of hydrogen-bond donors (Lipinski definition) is 1. The van der Waals surface area contributed by atoms with E-state index in [1.807, 2.05) is 41.2 Å². The molecular formula is C21H20N6O. The number of nitrogens with zero attached hydrogens (tertiary/aromatic N) is 5. The van der Waals surface area contributed by atoms with Gasteiger partial charge in [-0.2, -0.15) is 0 Å². The lowest BCUT2D eigenvalue weighted by atomic mass is 10.1. The summed E-state index contributed by atoms with van der Waals surface area (Å²) in [6.45, 7) is 1.23. The van der Waals surface area contributed by atoms with Crippen LogP contribution in [0.15, 0.2) is 67.6 Å². The monoisotopic (exact) mass is 372 g/mol. The molecule has 1 N–H and O–H groups in total. The Morgan fingerprint density at radius 1 is 1.00 bits per heavy atom. The fourth-order valence-corrected chi connectivity index (χ4v) is 3.02. The lowest BCUT2D eigenvalue weighted by molar-refractivity contribution is 0.0953. The molecule has 0 saturated carbocycles. The van der Waals surface area contributed by atoms with Gasteiger partial charge in [0.2, 0.25) is 0 Å². The predicted octanol–water partition coefficient (Wildman–Crippen LogP) is 2.63. The first-order chi connectivity index (χ1) is 13.8. The van der Waals surface area contributed by atoms with Crippen LogP contribution in [-0.2, 0) is 13.0 Å². The van der Waals surface area contributed by atoms with Gasteiger partial charge in [0.05, 0.1) is 18.4 Å². The molecule has 0 aliphatic carbocycles. The van der Waals surface area contributed by atoms with Crippen molar-refractivity contribution in [2.45, 2.75) is 19.4 Å². The molecule has 4 aromatic rings. The van der Waals surface area contributed by atoms with Crippen LogP contribution in [0.3, 0.4) is 0 Å². The Labute approximate surface area is 162 Å². The Hall–Kier alpha value is -3.61. The molecule has 0 radical (unpaired) electrons. The number of carbonyl (C=O) groups is 1. The lowest BCUT2D eigenvalue weighted by Crippen LogP contribution is -2.24. The largest absolute Gasteiger partial charge is 0.352 e. The van der Waals surface area contributed by atoms with Gasteiger partial charge in [-0.3, -0.25) is 14.8 Å². The van der Waals surface area contributed by atoms with E-state index >= 15 is 0 Å². The van der Waals surface area contributed by atoms with Crippen molar-refractivity contribution in [1.29, 1.82) is 0 Å². The van der Waals surface area contributed by atoms with Crippen LogP contribution in [0.5, 0.6) is 0 Å². The molecule has 0 bridgehead atoms. The Morgan fingerprint density at radius 2 is 1.79 bits per heavy atom. The number of amides is 1. The molecule has 0 unspecified atom stereocenters. The zero-order chi connectivity index (χ0) is 19.2. The van der Waals surface area contributed by atoms with E-state index in [0.717, 1.165) is 24.1 Å². The quantitative estimate of drug-likeness (QED) is 0.504. The van der Waals surface area contributed by atoms with Gasteiger partial charge in [-0.15, -0.1) is 0 Å². The molecule has 0 spiro atoms. The second kappa shape index (κ2) is 8.39.